The fourth-order valence-electron chi connectivity index (χ4n) is 1.76. The maximum Gasteiger partial charge on any atom is 0.302 e. The van der Waals surface area contributed by atoms with E-state index in [1.165, 1.54) is 6.26 Å². The molecule has 2 heterocycles. The number of hydrogen-bond donors (Lipinski definition) is 2. The Kier molecular flexibility index (Phi) is 3.63. The molecular formula is C14H14N4O3. The number of hydrogen-bond acceptors (Lipinski definition) is 5. The molecule has 1 aliphatic rings. The van der Waals surface area contributed by atoms with Gasteiger partial charge in [-0.1, -0.05) is 0 Å². The van der Waals surface area contributed by atoms with Gasteiger partial charge in [0.25, 0.3) is 5.91 Å². The Morgan fingerprint density at radius 2 is 2.05 bits per heavy atom. The molecule has 7 nitrogen and oxygen atoms in total. The standard InChI is InChI=1S/C14H14N4O3/c19-12(10-1-2-10)18-14-17-11(8-21-14)13(20)16-7-9-3-5-15-6-4-9/h3-6,8,10H,1-2,7H2,(H,16,20)(H,17,18,19). The molecule has 0 atom stereocenters. The molecule has 108 valence electrons. The van der Waals surface area contributed by atoms with E-state index in [-0.39, 0.29) is 29.4 Å². The van der Waals surface area contributed by atoms with Crippen molar-refractivity contribution < 1.29 is 14.0 Å². The van der Waals surface area contributed by atoms with Gasteiger partial charge in [0.2, 0.25) is 5.91 Å². The van der Waals surface area contributed by atoms with E-state index < -0.39 is 0 Å². The highest BCUT2D eigenvalue weighted by Crippen LogP contribution is 2.30. The fraction of sp³-hybridized carbons (Fsp3) is 0.286. The average molecular weight is 286 g/mol. The number of pyridine rings is 1. The molecule has 0 aliphatic heterocycles. The summed E-state index contributed by atoms with van der Waals surface area (Å²) in [6, 6.07) is 3.68. The van der Waals surface area contributed by atoms with Crippen LogP contribution in [-0.2, 0) is 11.3 Å². The highest BCUT2D eigenvalue weighted by atomic mass is 16.4. The first kappa shape index (κ1) is 13.3. The van der Waals surface area contributed by atoms with Crippen molar-refractivity contribution in [2.75, 3.05) is 5.32 Å². The van der Waals surface area contributed by atoms with E-state index in [1.54, 1.807) is 12.4 Å². The Labute approximate surface area is 120 Å². The van der Waals surface area contributed by atoms with E-state index in [4.69, 9.17) is 4.42 Å². The Morgan fingerprint density at radius 3 is 2.76 bits per heavy atom. The molecule has 0 bridgehead atoms. The molecule has 7 heteroatoms. The number of anilines is 1. The summed E-state index contributed by atoms with van der Waals surface area (Å²) >= 11 is 0. The lowest BCUT2D eigenvalue weighted by Gasteiger charge is -2.02. The zero-order valence-electron chi connectivity index (χ0n) is 11.2. The molecule has 0 spiro atoms. The highest BCUT2D eigenvalue weighted by Gasteiger charge is 2.30. The highest BCUT2D eigenvalue weighted by molar-refractivity contribution is 5.94. The van der Waals surface area contributed by atoms with Crippen molar-refractivity contribution in [1.82, 2.24) is 15.3 Å². The second kappa shape index (κ2) is 5.74. The van der Waals surface area contributed by atoms with Crippen LogP contribution >= 0.6 is 0 Å². The molecule has 1 aliphatic carbocycles. The predicted molar refractivity (Wildman–Crippen MR) is 73.3 cm³/mol. The molecule has 0 radical (unpaired) electrons. The van der Waals surface area contributed by atoms with Crippen LogP contribution in [0.3, 0.4) is 0 Å². The van der Waals surface area contributed by atoms with Gasteiger partial charge in [-0.25, -0.2) is 0 Å². The third-order valence-electron chi connectivity index (χ3n) is 3.12. The number of oxazole rings is 1. The van der Waals surface area contributed by atoms with Gasteiger partial charge in [0.15, 0.2) is 5.69 Å². The number of nitrogens with zero attached hydrogens (tertiary/aromatic N) is 2. The number of amides is 2. The summed E-state index contributed by atoms with van der Waals surface area (Å²) in [4.78, 5) is 31.3. The van der Waals surface area contributed by atoms with Gasteiger partial charge in [0.05, 0.1) is 0 Å². The normalized spacial score (nSPS) is 13.7. The van der Waals surface area contributed by atoms with Crippen molar-refractivity contribution in [2.24, 2.45) is 5.92 Å². The van der Waals surface area contributed by atoms with E-state index in [0.717, 1.165) is 18.4 Å². The molecule has 0 unspecified atom stereocenters. The minimum Gasteiger partial charge on any atom is -0.431 e. The molecule has 2 aromatic heterocycles. The summed E-state index contributed by atoms with van der Waals surface area (Å²) in [6.07, 6.45) is 6.33. The van der Waals surface area contributed by atoms with Gasteiger partial charge < -0.3 is 9.73 Å². The van der Waals surface area contributed by atoms with Crippen LogP contribution in [0, 0.1) is 5.92 Å². The van der Waals surface area contributed by atoms with Crippen molar-refractivity contribution >= 4 is 17.8 Å². The van der Waals surface area contributed by atoms with Crippen LogP contribution in [0.15, 0.2) is 35.2 Å². The number of carbonyl (C=O) groups excluding carboxylic acids is 2. The molecule has 0 saturated heterocycles. The van der Waals surface area contributed by atoms with Crippen LogP contribution in [-0.4, -0.2) is 21.8 Å². The van der Waals surface area contributed by atoms with Crippen LogP contribution in [0.25, 0.3) is 0 Å². The maximum absolute atomic E-state index is 11.9. The molecule has 21 heavy (non-hydrogen) atoms. The van der Waals surface area contributed by atoms with Crippen LogP contribution < -0.4 is 10.6 Å². The van der Waals surface area contributed by atoms with E-state index in [2.05, 4.69) is 20.6 Å². The van der Waals surface area contributed by atoms with Gasteiger partial charge >= 0.3 is 6.01 Å². The SMILES string of the molecule is O=C(NCc1ccncc1)c1coc(NC(=O)C2CC2)n1. The predicted octanol–water partition coefficient (Wildman–Crippen LogP) is 1.35. The molecule has 2 aromatic rings. The number of aromatic nitrogens is 2. The Balaban J connectivity index is 1.55. The molecule has 1 fully saturated rings. The summed E-state index contributed by atoms with van der Waals surface area (Å²) in [7, 11) is 0. The monoisotopic (exact) mass is 286 g/mol. The molecule has 0 aromatic carbocycles. The smallest absolute Gasteiger partial charge is 0.302 e. The number of carbonyl (C=O) groups is 2. The van der Waals surface area contributed by atoms with E-state index in [0.29, 0.717) is 6.54 Å². The summed E-state index contributed by atoms with van der Waals surface area (Å²) < 4.78 is 5.07. The van der Waals surface area contributed by atoms with Crippen LogP contribution in [0.5, 0.6) is 0 Å². The second-order valence-electron chi connectivity index (χ2n) is 4.84. The van der Waals surface area contributed by atoms with E-state index in [1.807, 2.05) is 12.1 Å². The van der Waals surface area contributed by atoms with Gasteiger partial charge in [-0.3, -0.25) is 19.9 Å². The summed E-state index contributed by atoms with van der Waals surface area (Å²) in [5, 5.41) is 5.26. The largest absolute Gasteiger partial charge is 0.431 e. The third-order valence-corrected chi connectivity index (χ3v) is 3.12. The quantitative estimate of drug-likeness (QED) is 0.864. The summed E-state index contributed by atoms with van der Waals surface area (Å²) in [6.45, 7) is 0.373. The molecule has 3 rings (SSSR count). The van der Waals surface area contributed by atoms with Crippen molar-refractivity contribution in [1.29, 1.82) is 0 Å². The first-order valence-corrected chi connectivity index (χ1v) is 6.66. The van der Waals surface area contributed by atoms with Gasteiger partial charge in [-0.15, -0.1) is 0 Å². The number of rotatable bonds is 5. The van der Waals surface area contributed by atoms with E-state index in [9.17, 15) is 9.59 Å². The Bertz CT molecular complexity index is 649. The fourth-order valence-corrected chi connectivity index (χ4v) is 1.76. The van der Waals surface area contributed by atoms with E-state index >= 15 is 0 Å². The minimum absolute atomic E-state index is 0.0564. The van der Waals surface area contributed by atoms with Crippen molar-refractivity contribution in [3.8, 4) is 0 Å². The maximum atomic E-state index is 11.9. The average Bonchev–Trinajstić information content (AvgIpc) is 3.26. The van der Waals surface area contributed by atoms with Gasteiger partial charge in [0, 0.05) is 24.9 Å². The lowest BCUT2D eigenvalue weighted by Crippen LogP contribution is -2.23. The van der Waals surface area contributed by atoms with Gasteiger partial charge in [-0.2, -0.15) is 4.98 Å². The summed E-state index contributed by atoms with van der Waals surface area (Å²) in [5.74, 6) is -0.413. The van der Waals surface area contributed by atoms with Crippen molar-refractivity contribution in [3.63, 3.8) is 0 Å². The zero-order valence-corrected chi connectivity index (χ0v) is 11.2. The second-order valence-corrected chi connectivity index (χ2v) is 4.84. The Hall–Kier alpha value is -2.70. The first-order chi connectivity index (χ1) is 10.2. The Morgan fingerprint density at radius 1 is 1.29 bits per heavy atom. The zero-order chi connectivity index (χ0) is 14.7. The van der Waals surface area contributed by atoms with Gasteiger partial charge in [-0.05, 0) is 30.5 Å². The number of nitrogens with one attached hydrogen (secondary N) is 2. The molecule has 1 saturated carbocycles. The van der Waals surface area contributed by atoms with Crippen molar-refractivity contribution in [3.05, 3.63) is 42.0 Å². The lowest BCUT2D eigenvalue weighted by atomic mass is 10.2. The first-order valence-electron chi connectivity index (χ1n) is 6.66. The van der Waals surface area contributed by atoms with Crippen LogP contribution in [0.4, 0.5) is 6.01 Å². The minimum atomic E-state index is -0.359. The topological polar surface area (TPSA) is 97.1 Å². The third kappa shape index (κ3) is 3.44. The lowest BCUT2D eigenvalue weighted by molar-refractivity contribution is -0.117. The summed E-state index contributed by atoms with van der Waals surface area (Å²) in [5.41, 5.74) is 1.07. The molecule has 2 N–H and O–H groups in total. The molecule has 2 amide bonds. The van der Waals surface area contributed by atoms with Gasteiger partial charge in [0.1, 0.15) is 6.26 Å². The van der Waals surface area contributed by atoms with Crippen molar-refractivity contribution in [2.45, 2.75) is 19.4 Å². The van der Waals surface area contributed by atoms with Crippen LogP contribution in [0.1, 0.15) is 28.9 Å². The van der Waals surface area contributed by atoms with Crippen LogP contribution in [0.2, 0.25) is 0 Å². The molecular weight excluding hydrogens is 272 g/mol.